The normalized spacial score (nSPS) is 11.4. The molecule has 3 heterocycles. The smallest absolute Gasteiger partial charge is 0.297 e. The Kier molecular flexibility index (Phi) is 4.07. The summed E-state index contributed by atoms with van der Waals surface area (Å²) in [6, 6.07) is 9.73. The van der Waals surface area contributed by atoms with Crippen LogP contribution in [0.3, 0.4) is 0 Å². The molecule has 0 spiro atoms. The summed E-state index contributed by atoms with van der Waals surface area (Å²) in [5, 5.41) is 6.81. The molecule has 0 saturated carbocycles. The number of hydrogen-bond donors (Lipinski definition) is 1. The van der Waals surface area contributed by atoms with Crippen molar-refractivity contribution >= 4 is 28.1 Å². The predicted octanol–water partition coefficient (Wildman–Crippen LogP) is 2.02. The number of nitrogens with zero attached hydrogens (tertiary/aromatic N) is 5. The van der Waals surface area contributed by atoms with Crippen LogP contribution < -0.4 is 10.9 Å². The molecule has 8 nitrogen and oxygen atoms in total. The fourth-order valence-corrected chi connectivity index (χ4v) is 2.84. The Bertz CT molecular complexity index is 1200. The second-order valence-corrected chi connectivity index (χ2v) is 5.69. The van der Waals surface area contributed by atoms with Gasteiger partial charge in [-0.3, -0.25) is 14.0 Å². The summed E-state index contributed by atoms with van der Waals surface area (Å²) in [5.41, 5.74) is -0.172. The van der Waals surface area contributed by atoms with Crippen LogP contribution in [-0.2, 0) is 11.3 Å². The molecule has 1 amide bonds. The molecule has 0 atom stereocenters. The van der Waals surface area contributed by atoms with Crippen molar-refractivity contribution in [2.75, 3.05) is 5.32 Å². The van der Waals surface area contributed by atoms with Gasteiger partial charge in [-0.05, 0) is 18.2 Å². The Morgan fingerprint density at radius 1 is 1.19 bits per heavy atom. The van der Waals surface area contributed by atoms with Crippen LogP contribution in [0.15, 0.2) is 53.7 Å². The second-order valence-electron chi connectivity index (χ2n) is 5.69. The number of rotatable bonds is 4. The van der Waals surface area contributed by atoms with E-state index in [9.17, 15) is 18.4 Å². The van der Waals surface area contributed by atoms with Crippen LogP contribution in [0.5, 0.6) is 0 Å². The maximum absolute atomic E-state index is 13.6. The van der Waals surface area contributed by atoms with E-state index < -0.39 is 30.3 Å². The summed E-state index contributed by atoms with van der Waals surface area (Å²) in [5.74, 6) is -1.00. The number of amides is 1. The maximum atomic E-state index is 13.6. The van der Waals surface area contributed by atoms with Crippen molar-refractivity contribution in [3.63, 3.8) is 0 Å². The Hall–Kier alpha value is -3.69. The minimum absolute atomic E-state index is 0.0244. The van der Waals surface area contributed by atoms with Crippen molar-refractivity contribution in [2.24, 2.45) is 0 Å². The van der Waals surface area contributed by atoms with Gasteiger partial charge in [-0.15, -0.1) is 5.10 Å². The van der Waals surface area contributed by atoms with E-state index in [1.807, 2.05) is 0 Å². The van der Waals surface area contributed by atoms with Gasteiger partial charge in [-0.1, -0.05) is 18.2 Å². The molecule has 1 N–H and O–H groups in total. The monoisotopic (exact) mass is 370 g/mol. The molecule has 0 fully saturated rings. The van der Waals surface area contributed by atoms with Gasteiger partial charge in [0.05, 0.1) is 5.52 Å². The minimum Gasteiger partial charge on any atom is -0.309 e. The first-order chi connectivity index (χ1) is 13.0. The zero-order valence-electron chi connectivity index (χ0n) is 13.7. The van der Waals surface area contributed by atoms with Crippen LogP contribution in [0, 0.1) is 0 Å². The number of fused-ring (bicyclic) bond motifs is 3. The standard InChI is InChI=1S/C17H12F2N6O2/c18-15(19)16-23-24(8-14(26)22-13-5-6-20-9-21-13)17(27)12-7-10-3-1-2-4-11(10)25(12)16/h1-7,9,15H,8H2,(H,20,21,22,26). The summed E-state index contributed by atoms with van der Waals surface area (Å²) in [7, 11) is 0. The van der Waals surface area contributed by atoms with Crippen LogP contribution in [0.2, 0.25) is 0 Å². The van der Waals surface area contributed by atoms with E-state index in [4.69, 9.17) is 0 Å². The zero-order chi connectivity index (χ0) is 19.0. The molecular formula is C17H12F2N6O2. The number of alkyl halides is 2. The molecule has 3 aromatic heterocycles. The Morgan fingerprint density at radius 3 is 2.74 bits per heavy atom. The number of carbonyl (C=O) groups is 1. The van der Waals surface area contributed by atoms with E-state index in [0.29, 0.717) is 10.9 Å². The molecule has 0 bridgehead atoms. The Labute approximate surface area is 150 Å². The van der Waals surface area contributed by atoms with E-state index in [0.717, 1.165) is 9.08 Å². The van der Waals surface area contributed by atoms with Gasteiger partial charge in [0.15, 0.2) is 0 Å². The van der Waals surface area contributed by atoms with Crippen LogP contribution in [0.4, 0.5) is 14.6 Å². The van der Waals surface area contributed by atoms with Gasteiger partial charge in [0.25, 0.3) is 12.0 Å². The molecule has 0 saturated heterocycles. The summed E-state index contributed by atoms with van der Waals surface area (Å²) in [6.07, 6.45) is -0.257. The minimum atomic E-state index is -2.93. The lowest BCUT2D eigenvalue weighted by atomic mass is 10.2. The third-order valence-electron chi connectivity index (χ3n) is 3.95. The number of para-hydroxylation sites is 1. The predicted molar refractivity (Wildman–Crippen MR) is 92.6 cm³/mol. The van der Waals surface area contributed by atoms with E-state index >= 15 is 0 Å². The van der Waals surface area contributed by atoms with Crippen LogP contribution in [0.25, 0.3) is 16.4 Å². The van der Waals surface area contributed by atoms with Crippen LogP contribution in [-0.4, -0.2) is 30.1 Å². The molecule has 0 aliphatic carbocycles. The molecule has 10 heteroatoms. The molecule has 27 heavy (non-hydrogen) atoms. The highest BCUT2D eigenvalue weighted by atomic mass is 19.3. The van der Waals surface area contributed by atoms with Gasteiger partial charge in [0.2, 0.25) is 11.7 Å². The van der Waals surface area contributed by atoms with Crippen molar-refractivity contribution in [3.05, 3.63) is 65.1 Å². The van der Waals surface area contributed by atoms with Crippen LogP contribution in [0.1, 0.15) is 12.2 Å². The third kappa shape index (κ3) is 3.01. The second kappa shape index (κ2) is 6.56. The molecule has 0 aliphatic heterocycles. The molecule has 0 radical (unpaired) electrons. The third-order valence-corrected chi connectivity index (χ3v) is 3.95. The number of benzene rings is 1. The summed E-state index contributed by atoms with van der Waals surface area (Å²) in [4.78, 5) is 32.4. The first-order valence-corrected chi connectivity index (χ1v) is 7.90. The topological polar surface area (TPSA) is 94.2 Å². The highest BCUT2D eigenvalue weighted by Gasteiger charge is 2.21. The molecule has 1 aromatic carbocycles. The van der Waals surface area contributed by atoms with E-state index in [2.05, 4.69) is 20.4 Å². The highest BCUT2D eigenvalue weighted by molar-refractivity contribution is 5.90. The van der Waals surface area contributed by atoms with E-state index in [1.54, 1.807) is 24.3 Å². The van der Waals surface area contributed by atoms with Gasteiger partial charge in [0, 0.05) is 11.6 Å². The van der Waals surface area contributed by atoms with E-state index in [1.165, 1.54) is 24.7 Å². The first kappa shape index (κ1) is 16.8. The largest absolute Gasteiger partial charge is 0.309 e. The SMILES string of the molecule is O=C(Cn1nc(C(F)F)n2c(cc3ccccc32)c1=O)Nc1ccncn1. The van der Waals surface area contributed by atoms with Gasteiger partial charge in [0.1, 0.15) is 24.2 Å². The maximum Gasteiger partial charge on any atom is 0.297 e. The average molecular weight is 370 g/mol. The quantitative estimate of drug-likeness (QED) is 0.593. The van der Waals surface area contributed by atoms with Crippen molar-refractivity contribution in [1.29, 1.82) is 0 Å². The Morgan fingerprint density at radius 2 is 2.00 bits per heavy atom. The lowest BCUT2D eigenvalue weighted by Gasteiger charge is -2.10. The number of halogens is 2. The molecule has 4 aromatic rings. The fraction of sp³-hybridized carbons (Fsp3) is 0.118. The van der Waals surface area contributed by atoms with Crippen molar-refractivity contribution in [3.8, 4) is 0 Å². The average Bonchev–Trinajstić information content (AvgIpc) is 3.04. The van der Waals surface area contributed by atoms with Crippen molar-refractivity contribution in [2.45, 2.75) is 13.0 Å². The Balaban J connectivity index is 1.79. The van der Waals surface area contributed by atoms with E-state index in [-0.39, 0.29) is 11.3 Å². The van der Waals surface area contributed by atoms with Gasteiger partial charge < -0.3 is 5.32 Å². The number of nitrogens with one attached hydrogen (secondary N) is 1. The van der Waals surface area contributed by atoms with Gasteiger partial charge >= 0.3 is 0 Å². The lowest BCUT2D eigenvalue weighted by molar-refractivity contribution is -0.117. The zero-order valence-corrected chi connectivity index (χ0v) is 13.7. The van der Waals surface area contributed by atoms with Crippen molar-refractivity contribution in [1.82, 2.24) is 24.1 Å². The van der Waals surface area contributed by atoms with Crippen molar-refractivity contribution < 1.29 is 13.6 Å². The number of aromatic nitrogens is 5. The van der Waals surface area contributed by atoms with Gasteiger partial charge in [-0.25, -0.2) is 23.4 Å². The summed E-state index contributed by atoms with van der Waals surface area (Å²) < 4.78 is 29.0. The molecule has 0 aliphatic rings. The first-order valence-electron chi connectivity index (χ1n) is 7.90. The molecular weight excluding hydrogens is 358 g/mol. The summed E-state index contributed by atoms with van der Waals surface area (Å²) >= 11 is 0. The number of hydrogen-bond acceptors (Lipinski definition) is 5. The molecule has 136 valence electrons. The fourth-order valence-electron chi connectivity index (χ4n) is 2.84. The summed E-state index contributed by atoms with van der Waals surface area (Å²) in [6.45, 7) is -0.527. The van der Waals surface area contributed by atoms with Crippen LogP contribution >= 0.6 is 0 Å². The van der Waals surface area contributed by atoms with Gasteiger partial charge in [-0.2, -0.15) is 0 Å². The molecule has 0 unspecified atom stereocenters. The lowest BCUT2D eigenvalue weighted by Crippen LogP contribution is -2.32. The highest BCUT2D eigenvalue weighted by Crippen LogP contribution is 2.23. The number of anilines is 1. The number of carbonyl (C=O) groups excluding carboxylic acids is 1. The molecule has 4 rings (SSSR count).